The van der Waals surface area contributed by atoms with Gasteiger partial charge in [0.15, 0.2) is 0 Å². The molecule has 1 aliphatic heterocycles. The molecule has 0 bridgehead atoms. The lowest BCUT2D eigenvalue weighted by atomic mass is 10.1. The van der Waals surface area contributed by atoms with Crippen LogP contribution in [0, 0.1) is 0 Å². The van der Waals surface area contributed by atoms with Crippen molar-refractivity contribution in [3.05, 3.63) is 24.5 Å². The summed E-state index contributed by atoms with van der Waals surface area (Å²) < 4.78 is 4.26. The number of pyridine rings is 1. The molecule has 3 N–H and O–H groups in total. The number of rotatable bonds is 3. The zero-order chi connectivity index (χ0) is 12.4. The second kappa shape index (κ2) is 5.16. The fourth-order valence-corrected chi connectivity index (χ4v) is 3.99. The molecule has 1 saturated heterocycles. The number of hydrogen-bond donors (Lipinski definition) is 2. The fourth-order valence-electron chi connectivity index (χ4n) is 2.02. The predicted octanol–water partition coefficient (Wildman–Crippen LogP) is 2.70. The zero-order valence-corrected chi connectivity index (χ0v) is 11.4. The normalized spacial score (nSPS) is 19.0. The Labute approximate surface area is 114 Å². The van der Waals surface area contributed by atoms with E-state index in [1.165, 1.54) is 23.7 Å². The van der Waals surface area contributed by atoms with Crippen LogP contribution in [0.3, 0.4) is 0 Å². The Hall–Kier alpha value is -1.27. The van der Waals surface area contributed by atoms with Crippen LogP contribution in [0.5, 0.6) is 0 Å². The molecule has 0 saturated carbocycles. The van der Waals surface area contributed by atoms with Crippen molar-refractivity contribution < 1.29 is 0 Å². The summed E-state index contributed by atoms with van der Waals surface area (Å²) in [5.74, 6) is 2.97. The molecule has 0 aromatic carbocycles. The quantitative estimate of drug-likeness (QED) is 0.904. The molecule has 18 heavy (non-hydrogen) atoms. The van der Waals surface area contributed by atoms with E-state index in [0.29, 0.717) is 11.9 Å². The van der Waals surface area contributed by atoms with E-state index in [0.717, 1.165) is 21.9 Å². The molecule has 1 atom stereocenters. The second-order valence-electron chi connectivity index (χ2n) is 4.22. The number of aromatic nitrogens is 2. The van der Waals surface area contributed by atoms with E-state index in [1.54, 1.807) is 6.20 Å². The van der Waals surface area contributed by atoms with Gasteiger partial charge in [0, 0.05) is 29.8 Å². The Morgan fingerprint density at radius 3 is 3.11 bits per heavy atom. The maximum absolute atomic E-state index is 5.97. The summed E-state index contributed by atoms with van der Waals surface area (Å²) >= 11 is 3.42. The van der Waals surface area contributed by atoms with Crippen molar-refractivity contribution in [1.29, 1.82) is 0 Å². The highest BCUT2D eigenvalue weighted by atomic mass is 32.2. The highest BCUT2D eigenvalue weighted by Gasteiger charge is 2.20. The van der Waals surface area contributed by atoms with Gasteiger partial charge in [-0.25, -0.2) is 0 Å². The van der Waals surface area contributed by atoms with Gasteiger partial charge in [0.1, 0.15) is 10.8 Å². The number of hydrogen-bond acceptors (Lipinski definition) is 6. The summed E-state index contributed by atoms with van der Waals surface area (Å²) in [5.41, 5.74) is 7.99. The molecule has 2 aromatic rings. The third-order valence-electron chi connectivity index (χ3n) is 2.93. The van der Waals surface area contributed by atoms with Crippen LogP contribution >= 0.6 is 23.3 Å². The topological polar surface area (TPSA) is 63.8 Å². The van der Waals surface area contributed by atoms with Gasteiger partial charge in [0.05, 0.1) is 5.56 Å². The van der Waals surface area contributed by atoms with Crippen LogP contribution in [-0.2, 0) is 0 Å². The zero-order valence-electron chi connectivity index (χ0n) is 9.80. The van der Waals surface area contributed by atoms with Gasteiger partial charge in [-0.05, 0) is 29.8 Å². The van der Waals surface area contributed by atoms with Crippen molar-refractivity contribution in [2.75, 3.05) is 22.6 Å². The van der Waals surface area contributed by atoms with Gasteiger partial charge in [-0.3, -0.25) is 4.98 Å². The third-order valence-corrected chi connectivity index (χ3v) is 4.89. The minimum atomic E-state index is 0.533. The Bertz CT molecular complexity index is 520. The molecule has 0 amide bonds. The average Bonchev–Trinajstić information content (AvgIpc) is 3.02. The standard InChI is InChI=1S/C12H14N4S2/c13-11-10(8-2-1-4-14-6-8)12(18-16-11)15-9-3-5-17-7-9/h1-2,4,6,9,15H,3,5,7H2,(H2,13,16). The molecule has 6 heteroatoms. The van der Waals surface area contributed by atoms with Gasteiger partial charge in [-0.2, -0.15) is 16.1 Å². The first-order valence-electron chi connectivity index (χ1n) is 5.84. The highest BCUT2D eigenvalue weighted by Crippen LogP contribution is 2.37. The molecule has 1 unspecified atom stereocenters. The van der Waals surface area contributed by atoms with E-state index in [4.69, 9.17) is 5.73 Å². The molecule has 0 radical (unpaired) electrons. The van der Waals surface area contributed by atoms with E-state index < -0.39 is 0 Å². The summed E-state index contributed by atoms with van der Waals surface area (Å²) in [6, 6.07) is 4.47. The van der Waals surface area contributed by atoms with Gasteiger partial charge in [-0.1, -0.05) is 6.07 Å². The number of anilines is 2. The average molecular weight is 278 g/mol. The maximum Gasteiger partial charge on any atom is 0.147 e. The lowest BCUT2D eigenvalue weighted by Gasteiger charge is -2.12. The van der Waals surface area contributed by atoms with Gasteiger partial charge in [0.2, 0.25) is 0 Å². The molecule has 94 valence electrons. The highest BCUT2D eigenvalue weighted by molar-refractivity contribution is 7.99. The van der Waals surface area contributed by atoms with Crippen LogP contribution in [0.1, 0.15) is 6.42 Å². The molecular formula is C12H14N4S2. The number of nitrogens with zero attached hydrogens (tertiary/aromatic N) is 2. The van der Waals surface area contributed by atoms with E-state index >= 15 is 0 Å². The van der Waals surface area contributed by atoms with Crippen molar-refractivity contribution in [1.82, 2.24) is 9.36 Å². The van der Waals surface area contributed by atoms with E-state index in [9.17, 15) is 0 Å². The minimum Gasteiger partial charge on any atom is -0.382 e. The summed E-state index contributed by atoms with van der Waals surface area (Å²) in [5, 5.41) is 4.62. The van der Waals surface area contributed by atoms with Crippen LogP contribution in [0.4, 0.5) is 10.8 Å². The molecule has 4 nitrogen and oxygen atoms in total. The monoisotopic (exact) mass is 278 g/mol. The van der Waals surface area contributed by atoms with Crippen molar-refractivity contribution in [2.24, 2.45) is 0 Å². The summed E-state index contributed by atoms with van der Waals surface area (Å²) in [6.07, 6.45) is 4.80. The molecule has 0 spiro atoms. The van der Waals surface area contributed by atoms with Gasteiger partial charge < -0.3 is 11.1 Å². The Balaban J connectivity index is 1.91. The molecule has 2 aromatic heterocycles. The van der Waals surface area contributed by atoms with Crippen LogP contribution in [0.25, 0.3) is 11.1 Å². The number of thioether (sulfide) groups is 1. The largest absolute Gasteiger partial charge is 0.382 e. The first-order valence-corrected chi connectivity index (χ1v) is 7.77. The first-order chi connectivity index (χ1) is 8.84. The van der Waals surface area contributed by atoms with E-state index in [2.05, 4.69) is 14.7 Å². The fraction of sp³-hybridized carbons (Fsp3) is 0.333. The molecule has 1 fully saturated rings. The van der Waals surface area contributed by atoms with Crippen LogP contribution in [0.15, 0.2) is 24.5 Å². The lowest BCUT2D eigenvalue weighted by molar-refractivity contribution is 0.816. The second-order valence-corrected chi connectivity index (χ2v) is 6.14. The third kappa shape index (κ3) is 2.30. The van der Waals surface area contributed by atoms with Gasteiger partial charge in [-0.15, -0.1) is 0 Å². The molecule has 0 aliphatic carbocycles. The van der Waals surface area contributed by atoms with Gasteiger partial charge >= 0.3 is 0 Å². The van der Waals surface area contributed by atoms with Crippen molar-refractivity contribution in [3.63, 3.8) is 0 Å². The van der Waals surface area contributed by atoms with E-state index in [-0.39, 0.29) is 0 Å². The van der Waals surface area contributed by atoms with Crippen LogP contribution in [-0.4, -0.2) is 26.9 Å². The molecular weight excluding hydrogens is 264 g/mol. The van der Waals surface area contributed by atoms with Crippen LogP contribution in [0.2, 0.25) is 0 Å². The minimum absolute atomic E-state index is 0.533. The molecule has 1 aliphatic rings. The summed E-state index contributed by atoms with van der Waals surface area (Å²) in [4.78, 5) is 4.14. The Morgan fingerprint density at radius 1 is 1.44 bits per heavy atom. The summed E-state index contributed by atoms with van der Waals surface area (Å²) in [6.45, 7) is 0. The van der Waals surface area contributed by atoms with Crippen molar-refractivity contribution >= 4 is 34.1 Å². The van der Waals surface area contributed by atoms with E-state index in [1.807, 2.05) is 30.1 Å². The van der Waals surface area contributed by atoms with Crippen molar-refractivity contribution in [3.8, 4) is 11.1 Å². The molecule has 3 heterocycles. The Kier molecular flexibility index (Phi) is 3.38. The summed E-state index contributed by atoms with van der Waals surface area (Å²) in [7, 11) is 0. The Morgan fingerprint density at radius 2 is 2.39 bits per heavy atom. The number of nitrogens with one attached hydrogen (secondary N) is 1. The number of nitrogen functional groups attached to an aromatic ring is 1. The smallest absolute Gasteiger partial charge is 0.147 e. The van der Waals surface area contributed by atoms with Gasteiger partial charge in [0.25, 0.3) is 0 Å². The predicted molar refractivity (Wildman–Crippen MR) is 79.1 cm³/mol. The lowest BCUT2D eigenvalue weighted by Crippen LogP contribution is -2.17. The van der Waals surface area contributed by atoms with Crippen LogP contribution < -0.4 is 11.1 Å². The first kappa shape index (κ1) is 11.8. The van der Waals surface area contributed by atoms with Crippen molar-refractivity contribution in [2.45, 2.75) is 12.5 Å². The molecule has 3 rings (SSSR count). The number of nitrogens with two attached hydrogens (primary N) is 1. The maximum atomic E-state index is 5.97. The SMILES string of the molecule is Nc1nsc(NC2CCSC2)c1-c1cccnc1.